The molecule has 1 aromatic carbocycles. The number of halogens is 1. The third-order valence-corrected chi connectivity index (χ3v) is 5.62. The van der Waals surface area contributed by atoms with E-state index in [-0.39, 0.29) is 17.7 Å². The average molecular weight is 422 g/mol. The van der Waals surface area contributed by atoms with Crippen LogP contribution in [0.25, 0.3) is 11.3 Å². The minimum Gasteiger partial charge on any atom is -0.344 e. The first-order valence-corrected chi connectivity index (χ1v) is 9.99. The highest BCUT2D eigenvalue weighted by atomic mass is 79.9. The van der Waals surface area contributed by atoms with Crippen LogP contribution in [-0.4, -0.2) is 22.8 Å². The van der Waals surface area contributed by atoms with Gasteiger partial charge in [0.1, 0.15) is 6.04 Å². The molecule has 1 saturated carbocycles. The largest absolute Gasteiger partial charge is 0.344 e. The van der Waals surface area contributed by atoms with Crippen LogP contribution in [0.3, 0.4) is 0 Å². The van der Waals surface area contributed by atoms with Crippen molar-refractivity contribution in [2.45, 2.75) is 38.6 Å². The fraction of sp³-hybridized carbons (Fsp3) is 0.389. The molecule has 1 unspecified atom stereocenters. The number of amides is 2. The van der Waals surface area contributed by atoms with Gasteiger partial charge >= 0.3 is 0 Å². The van der Waals surface area contributed by atoms with Crippen molar-refractivity contribution < 1.29 is 9.59 Å². The molecule has 0 spiro atoms. The van der Waals surface area contributed by atoms with E-state index in [1.165, 1.54) is 18.3 Å². The summed E-state index contributed by atoms with van der Waals surface area (Å²) in [5.41, 5.74) is 1.80. The van der Waals surface area contributed by atoms with Crippen LogP contribution in [0.5, 0.6) is 0 Å². The van der Waals surface area contributed by atoms with Crippen LogP contribution in [0.1, 0.15) is 32.6 Å². The molecular formula is C18H20BrN3O2S. The van der Waals surface area contributed by atoms with E-state index in [1.54, 1.807) is 0 Å². The third kappa shape index (κ3) is 4.67. The maximum absolute atomic E-state index is 12.7. The molecule has 0 bridgehead atoms. The lowest BCUT2D eigenvalue weighted by Crippen LogP contribution is -2.47. The van der Waals surface area contributed by atoms with E-state index in [2.05, 4.69) is 31.5 Å². The summed E-state index contributed by atoms with van der Waals surface area (Å²) in [6, 6.07) is 7.38. The van der Waals surface area contributed by atoms with Gasteiger partial charge in [0.15, 0.2) is 5.13 Å². The average Bonchev–Trinajstić information content (AvgIpc) is 3.24. The highest BCUT2D eigenvalue weighted by Gasteiger charge is 2.31. The maximum Gasteiger partial charge on any atom is 0.249 e. The quantitative estimate of drug-likeness (QED) is 0.759. The first kappa shape index (κ1) is 18.1. The van der Waals surface area contributed by atoms with Crippen LogP contribution < -0.4 is 10.6 Å². The van der Waals surface area contributed by atoms with Crippen LogP contribution in [-0.2, 0) is 9.59 Å². The second-order valence-electron chi connectivity index (χ2n) is 6.26. The topological polar surface area (TPSA) is 71.1 Å². The van der Waals surface area contributed by atoms with Gasteiger partial charge in [0.05, 0.1) is 5.69 Å². The van der Waals surface area contributed by atoms with Gasteiger partial charge in [-0.25, -0.2) is 4.98 Å². The van der Waals surface area contributed by atoms with Gasteiger partial charge in [0, 0.05) is 22.3 Å². The van der Waals surface area contributed by atoms with Crippen LogP contribution in [0.2, 0.25) is 0 Å². The summed E-state index contributed by atoms with van der Waals surface area (Å²) in [4.78, 5) is 28.7. The molecular weight excluding hydrogens is 402 g/mol. The fourth-order valence-corrected chi connectivity index (χ4v) is 4.32. The number of nitrogens with one attached hydrogen (secondary N) is 2. The molecule has 1 aromatic heterocycles. The molecule has 2 amide bonds. The molecule has 0 saturated heterocycles. The predicted molar refractivity (Wildman–Crippen MR) is 103 cm³/mol. The van der Waals surface area contributed by atoms with E-state index in [1.807, 2.05) is 29.6 Å². The first-order valence-electron chi connectivity index (χ1n) is 8.32. The smallest absolute Gasteiger partial charge is 0.249 e. The molecule has 7 heteroatoms. The van der Waals surface area contributed by atoms with Gasteiger partial charge in [-0.1, -0.05) is 40.9 Å². The number of thiazole rings is 1. The SMILES string of the molecule is CC(=O)NC(C(=O)Nc1nc(-c2cccc(Br)c2)cs1)C1CCCC1. The molecule has 25 heavy (non-hydrogen) atoms. The zero-order valence-electron chi connectivity index (χ0n) is 13.9. The van der Waals surface area contributed by atoms with Crippen LogP contribution in [0.15, 0.2) is 34.1 Å². The van der Waals surface area contributed by atoms with Crippen LogP contribution in [0.4, 0.5) is 5.13 Å². The highest BCUT2D eigenvalue weighted by Crippen LogP contribution is 2.30. The molecule has 3 rings (SSSR count). The Morgan fingerprint density at radius 2 is 2.08 bits per heavy atom. The molecule has 1 aliphatic carbocycles. The minimum atomic E-state index is -0.488. The molecule has 2 aromatic rings. The number of carbonyl (C=O) groups is 2. The van der Waals surface area contributed by atoms with Gasteiger partial charge in [0.2, 0.25) is 11.8 Å². The first-order chi connectivity index (χ1) is 12.0. The molecule has 1 aliphatic rings. The van der Waals surface area contributed by atoms with E-state index in [9.17, 15) is 9.59 Å². The van der Waals surface area contributed by atoms with Gasteiger partial charge in [0.25, 0.3) is 0 Å². The number of hydrogen-bond acceptors (Lipinski definition) is 4. The summed E-state index contributed by atoms with van der Waals surface area (Å²) < 4.78 is 0.982. The Balaban J connectivity index is 1.72. The van der Waals surface area contributed by atoms with E-state index < -0.39 is 6.04 Å². The summed E-state index contributed by atoms with van der Waals surface area (Å²) in [5, 5.41) is 8.14. The molecule has 1 atom stereocenters. The Hall–Kier alpha value is -1.73. The number of aromatic nitrogens is 1. The minimum absolute atomic E-state index is 0.180. The van der Waals surface area contributed by atoms with E-state index in [0.717, 1.165) is 41.4 Å². The van der Waals surface area contributed by atoms with Crippen molar-refractivity contribution in [2.24, 2.45) is 5.92 Å². The van der Waals surface area contributed by atoms with Crippen molar-refractivity contribution in [1.29, 1.82) is 0 Å². The van der Waals surface area contributed by atoms with Gasteiger partial charge in [-0.15, -0.1) is 11.3 Å². The zero-order chi connectivity index (χ0) is 17.8. The van der Waals surface area contributed by atoms with E-state index in [0.29, 0.717) is 5.13 Å². The molecule has 1 heterocycles. The number of rotatable bonds is 5. The Morgan fingerprint density at radius 1 is 1.32 bits per heavy atom. The summed E-state index contributed by atoms with van der Waals surface area (Å²) in [6.45, 7) is 1.45. The van der Waals surface area contributed by atoms with Crippen molar-refractivity contribution in [2.75, 3.05) is 5.32 Å². The normalized spacial score (nSPS) is 15.8. The lowest BCUT2D eigenvalue weighted by molar-refractivity contribution is -0.126. The summed E-state index contributed by atoms with van der Waals surface area (Å²) in [6.07, 6.45) is 4.16. The predicted octanol–water partition coefficient (Wildman–Crippen LogP) is 4.21. The second-order valence-corrected chi connectivity index (χ2v) is 8.03. The van der Waals surface area contributed by atoms with Crippen molar-refractivity contribution in [3.8, 4) is 11.3 Å². The number of hydrogen-bond donors (Lipinski definition) is 2. The molecule has 5 nitrogen and oxygen atoms in total. The van der Waals surface area contributed by atoms with Crippen molar-refractivity contribution in [1.82, 2.24) is 10.3 Å². The molecule has 0 aliphatic heterocycles. The third-order valence-electron chi connectivity index (χ3n) is 4.37. The van der Waals surface area contributed by atoms with E-state index >= 15 is 0 Å². The Kier molecular flexibility index (Phi) is 5.86. The van der Waals surface area contributed by atoms with Gasteiger partial charge < -0.3 is 10.6 Å². The molecule has 2 N–H and O–H groups in total. The fourth-order valence-electron chi connectivity index (χ4n) is 3.20. The van der Waals surface area contributed by atoms with Gasteiger partial charge in [-0.3, -0.25) is 9.59 Å². The van der Waals surface area contributed by atoms with Gasteiger partial charge in [-0.05, 0) is 30.9 Å². The molecule has 132 valence electrons. The lowest BCUT2D eigenvalue weighted by atomic mass is 9.97. The Morgan fingerprint density at radius 3 is 2.76 bits per heavy atom. The lowest BCUT2D eigenvalue weighted by Gasteiger charge is -2.22. The second kappa shape index (κ2) is 8.10. The number of anilines is 1. The Labute approximate surface area is 159 Å². The monoisotopic (exact) mass is 421 g/mol. The zero-order valence-corrected chi connectivity index (χ0v) is 16.3. The van der Waals surface area contributed by atoms with Crippen LogP contribution >= 0.6 is 27.3 Å². The standard InChI is InChI=1S/C18H20BrN3O2S/c1-11(23)20-16(12-5-2-3-6-12)17(24)22-18-21-15(10-25-18)13-7-4-8-14(19)9-13/h4,7-10,12,16H,2-3,5-6H2,1H3,(H,20,23)(H,21,22,24). The van der Waals surface area contributed by atoms with Gasteiger partial charge in [-0.2, -0.15) is 0 Å². The number of nitrogens with zero attached hydrogens (tertiary/aromatic N) is 1. The van der Waals surface area contributed by atoms with Crippen LogP contribution in [0, 0.1) is 5.92 Å². The van der Waals surface area contributed by atoms with Crippen molar-refractivity contribution in [3.63, 3.8) is 0 Å². The number of benzene rings is 1. The molecule has 0 radical (unpaired) electrons. The summed E-state index contributed by atoms with van der Waals surface area (Å²) in [7, 11) is 0. The highest BCUT2D eigenvalue weighted by molar-refractivity contribution is 9.10. The van der Waals surface area contributed by atoms with E-state index in [4.69, 9.17) is 0 Å². The van der Waals surface area contributed by atoms with Crippen molar-refractivity contribution in [3.05, 3.63) is 34.1 Å². The Bertz CT molecular complexity index is 771. The van der Waals surface area contributed by atoms with Crippen molar-refractivity contribution >= 4 is 44.2 Å². The molecule has 1 fully saturated rings. The summed E-state index contributed by atoms with van der Waals surface area (Å²) >= 11 is 4.84. The maximum atomic E-state index is 12.7. The summed E-state index contributed by atoms with van der Waals surface area (Å²) in [5.74, 6) is -0.160. The number of carbonyl (C=O) groups excluding carboxylic acids is 2.